The third-order valence-corrected chi connectivity index (χ3v) is 5.83. The fourth-order valence-electron chi connectivity index (χ4n) is 2.72. The van der Waals surface area contributed by atoms with Gasteiger partial charge in [-0.05, 0) is 37.6 Å². The Balaban J connectivity index is 0.00000122. The fraction of sp³-hybridized carbons (Fsp3) is 0.409. The van der Waals surface area contributed by atoms with Gasteiger partial charge in [-0.3, -0.25) is 9.51 Å². The molecule has 1 fully saturated rings. The van der Waals surface area contributed by atoms with Crippen molar-refractivity contribution in [2.24, 2.45) is 0 Å². The number of esters is 1. The molecule has 0 spiro atoms. The summed E-state index contributed by atoms with van der Waals surface area (Å²) >= 11 is 0. The molecule has 1 aromatic carbocycles. The Hall–Kier alpha value is -2.62. The number of ether oxygens (including phenoxy) is 3. The Morgan fingerprint density at radius 1 is 1.24 bits per heavy atom. The van der Waals surface area contributed by atoms with Crippen molar-refractivity contribution in [2.45, 2.75) is 38.2 Å². The van der Waals surface area contributed by atoms with Crippen molar-refractivity contribution in [3.8, 4) is 5.75 Å². The second kappa shape index (κ2) is 13.8. The van der Waals surface area contributed by atoms with E-state index in [0.717, 1.165) is 0 Å². The molecule has 180 valence electrons. The highest BCUT2D eigenvalue weighted by molar-refractivity contribution is 7.52. The monoisotopic (exact) mass is 480 g/mol. The summed E-state index contributed by atoms with van der Waals surface area (Å²) in [6.07, 6.45) is 3.41. The number of pyridine rings is 1. The molecule has 0 aliphatic carbocycles. The van der Waals surface area contributed by atoms with E-state index >= 15 is 0 Å². The quantitative estimate of drug-likeness (QED) is 0.308. The Morgan fingerprint density at radius 2 is 1.97 bits per heavy atom. The van der Waals surface area contributed by atoms with Gasteiger partial charge in [0.15, 0.2) is 0 Å². The summed E-state index contributed by atoms with van der Waals surface area (Å²) in [5.74, 6) is -0.198. The minimum absolute atomic E-state index is 0.0658. The molecule has 2 heterocycles. The molecule has 11 heteroatoms. The average Bonchev–Trinajstić information content (AvgIpc) is 3.27. The van der Waals surface area contributed by atoms with Gasteiger partial charge in [0.1, 0.15) is 12.0 Å². The molecule has 1 N–H and O–H groups in total. The number of aromatic nitrogens is 1. The molecule has 1 aliphatic rings. The van der Waals surface area contributed by atoms with E-state index in [2.05, 4.69) is 14.8 Å². The standard InChI is InChI=1S/C20H23N2O7P.C2H6O/c1-15(13-23)22-30(25,29-17-7-3-2-4-8-17)26-14-18-9-10-19(27-18)28-20(24)16-6-5-11-21-12-16;1-3-2/h2-8,11-13,15,18-19H,9-10,14H2,1H3,(H,22,25);1-2H3. The minimum Gasteiger partial charge on any atom is -0.432 e. The molecule has 0 amide bonds. The number of rotatable bonds is 10. The van der Waals surface area contributed by atoms with Gasteiger partial charge in [-0.1, -0.05) is 18.2 Å². The first kappa shape index (κ1) is 26.6. The van der Waals surface area contributed by atoms with Gasteiger partial charge in [0.2, 0.25) is 6.29 Å². The van der Waals surface area contributed by atoms with Crippen LogP contribution in [0.25, 0.3) is 0 Å². The van der Waals surface area contributed by atoms with E-state index in [4.69, 9.17) is 18.5 Å². The van der Waals surface area contributed by atoms with Crippen molar-refractivity contribution in [3.63, 3.8) is 0 Å². The number of carbonyl (C=O) groups excluding carboxylic acids is 2. The lowest BCUT2D eigenvalue weighted by molar-refractivity contribution is -0.109. The first-order valence-electron chi connectivity index (χ1n) is 10.3. The molecule has 0 bridgehead atoms. The Labute approximate surface area is 193 Å². The number of hydrogen-bond donors (Lipinski definition) is 1. The lowest BCUT2D eigenvalue weighted by Crippen LogP contribution is -2.29. The number of methoxy groups -OCH3 is 1. The lowest BCUT2D eigenvalue weighted by atomic mass is 10.2. The zero-order chi connectivity index (χ0) is 24.1. The lowest BCUT2D eigenvalue weighted by Gasteiger charge is -2.23. The summed E-state index contributed by atoms with van der Waals surface area (Å²) in [6.45, 7) is 1.47. The zero-order valence-corrected chi connectivity index (χ0v) is 19.7. The molecule has 4 unspecified atom stereocenters. The third kappa shape index (κ3) is 9.41. The fourth-order valence-corrected chi connectivity index (χ4v) is 4.23. The van der Waals surface area contributed by atoms with Crippen LogP contribution in [0.4, 0.5) is 0 Å². The highest BCUT2D eigenvalue weighted by Gasteiger charge is 2.34. The first-order chi connectivity index (χ1) is 15.9. The molecule has 1 aromatic heterocycles. The molecular formula is C22H29N2O8P. The number of nitrogens with one attached hydrogen (secondary N) is 1. The SMILES string of the molecule is CC(C=O)NP(=O)(OCC1CCC(OC(=O)c2cccnc2)O1)Oc1ccccc1.COC. The van der Waals surface area contributed by atoms with Crippen LogP contribution in [0.3, 0.4) is 0 Å². The first-order valence-corrected chi connectivity index (χ1v) is 11.8. The molecule has 3 rings (SSSR count). The van der Waals surface area contributed by atoms with Crippen molar-refractivity contribution in [1.82, 2.24) is 10.1 Å². The third-order valence-electron chi connectivity index (χ3n) is 4.17. The number of carbonyl (C=O) groups is 2. The van der Waals surface area contributed by atoms with Crippen LogP contribution in [-0.4, -0.2) is 56.5 Å². The highest BCUT2D eigenvalue weighted by Crippen LogP contribution is 2.45. The summed E-state index contributed by atoms with van der Waals surface area (Å²) < 4.78 is 39.3. The van der Waals surface area contributed by atoms with Gasteiger partial charge in [0, 0.05) is 33.0 Å². The van der Waals surface area contributed by atoms with Gasteiger partial charge in [-0.15, -0.1) is 0 Å². The van der Waals surface area contributed by atoms with Crippen molar-refractivity contribution in [2.75, 3.05) is 20.8 Å². The van der Waals surface area contributed by atoms with Crippen LogP contribution < -0.4 is 9.61 Å². The van der Waals surface area contributed by atoms with Crippen LogP contribution in [0.2, 0.25) is 0 Å². The predicted octanol–water partition coefficient (Wildman–Crippen LogP) is 3.39. The van der Waals surface area contributed by atoms with Gasteiger partial charge < -0.3 is 23.5 Å². The molecular weight excluding hydrogens is 451 g/mol. The zero-order valence-electron chi connectivity index (χ0n) is 18.8. The smallest absolute Gasteiger partial charge is 0.432 e. The van der Waals surface area contributed by atoms with E-state index in [1.54, 1.807) is 62.9 Å². The van der Waals surface area contributed by atoms with Crippen molar-refractivity contribution in [1.29, 1.82) is 0 Å². The summed E-state index contributed by atoms with van der Waals surface area (Å²) in [7, 11) is -0.589. The van der Waals surface area contributed by atoms with Crippen LogP contribution in [0.1, 0.15) is 30.1 Å². The molecule has 10 nitrogen and oxygen atoms in total. The normalized spacial score (nSPS) is 20.0. The molecule has 2 aromatic rings. The average molecular weight is 480 g/mol. The van der Waals surface area contributed by atoms with Crippen LogP contribution in [0.5, 0.6) is 5.75 Å². The number of hydrogen-bond acceptors (Lipinski definition) is 9. The minimum atomic E-state index is -3.84. The number of para-hydroxylation sites is 1. The molecule has 4 atom stereocenters. The Bertz CT molecular complexity index is 900. The molecule has 0 radical (unpaired) electrons. The summed E-state index contributed by atoms with van der Waals surface area (Å²) in [5.41, 5.74) is 0.327. The van der Waals surface area contributed by atoms with Crippen LogP contribution in [0.15, 0.2) is 54.9 Å². The van der Waals surface area contributed by atoms with Gasteiger partial charge in [-0.25, -0.2) is 14.4 Å². The van der Waals surface area contributed by atoms with E-state index in [1.807, 2.05) is 0 Å². The van der Waals surface area contributed by atoms with Crippen molar-refractivity contribution >= 4 is 20.0 Å². The van der Waals surface area contributed by atoms with Crippen LogP contribution in [0, 0.1) is 0 Å². The van der Waals surface area contributed by atoms with Crippen LogP contribution >= 0.6 is 7.75 Å². The largest absolute Gasteiger partial charge is 0.459 e. The molecule has 33 heavy (non-hydrogen) atoms. The topological polar surface area (TPSA) is 122 Å². The number of aldehydes is 1. The predicted molar refractivity (Wildman–Crippen MR) is 120 cm³/mol. The van der Waals surface area contributed by atoms with E-state index in [0.29, 0.717) is 30.4 Å². The summed E-state index contributed by atoms with van der Waals surface area (Å²) in [6, 6.07) is 11.0. The van der Waals surface area contributed by atoms with E-state index in [-0.39, 0.29) is 6.61 Å². The second-order valence-electron chi connectivity index (χ2n) is 7.07. The maximum absolute atomic E-state index is 13.1. The number of nitrogens with zero attached hydrogens (tertiary/aromatic N) is 1. The second-order valence-corrected chi connectivity index (χ2v) is 8.77. The summed E-state index contributed by atoms with van der Waals surface area (Å²) in [4.78, 5) is 27.0. The van der Waals surface area contributed by atoms with E-state index < -0.39 is 32.2 Å². The molecule has 1 saturated heterocycles. The van der Waals surface area contributed by atoms with E-state index in [1.165, 1.54) is 13.1 Å². The van der Waals surface area contributed by atoms with E-state index in [9.17, 15) is 14.2 Å². The number of benzene rings is 1. The molecule has 0 saturated carbocycles. The van der Waals surface area contributed by atoms with Gasteiger partial charge in [0.05, 0.1) is 24.3 Å². The van der Waals surface area contributed by atoms with Crippen molar-refractivity contribution in [3.05, 3.63) is 60.4 Å². The van der Waals surface area contributed by atoms with Gasteiger partial charge in [-0.2, -0.15) is 0 Å². The van der Waals surface area contributed by atoms with Crippen molar-refractivity contribution < 1.29 is 37.4 Å². The van der Waals surface area contributed by atoms with Crippen LogP contribution in [-0.2, 0) is 28.1 Å². The highest BCUT2D eigenvalue weighted by atomic mass is 31.2. The molecule has 1 aliphatic heterocycles. The maximum Gasteiger partial charge on any atom is 0.459 e. The Morgan fingerprint density at radius 3 is 2.61 bits per heavy atom. The Kier molecular flexibility index (Phi) is 11.2. The van der Waals surface area contributed by atoms with Gasteiger partial charge >= 0.3 is 13.7 Å². The van der Waals surface area contributed by atoms with Gasteiger partial charge in [0.25, 0.3) is 0 Å². The maximum atomic E-state index is 13.1. The summed E-state index contributed by atoms with van der Waals surface area (Å²) in [5, 5.41) is 2.58.